The third-order valence-electron chi connectivity index (χ3n) is 2.44. The third kappa shape index (κ3) is 3.73. The van der Waals surface area contributed by atoms with Crippen molar-refractivity contribution in [2.24, 2.45) is 0 Å². The zero-order valence-corrected chi connectivity index (χ0v) is 12.2. The molecule has 0 saturated carbocycles. The van der Waals surface area contributed by atoms with E-state index < -0.39 is 6.10 Å². The van der Waals surface area contributed by atoms with Crippen molar-refractivity contribution in [3.05, 3.63) is 27.7 Å². The van der Waals surface area contributed by atoms with Crippen LogP contribution in [-0.2, 0) is 4.79 Å². The summed E-state index contributed by atoms with van der Waals surface area (Å²) in [6.45, 7) is 8.25. The van der Waals surface area contributed by atoms with Crippen LogP contribution >= 0.6 is 15.9 Å². The topological polar surface area (TPSA) is 38.3 Å². The van der Waals surface area contributed by atoms with Crippen LogP contribution in [0.3, 0.4) is 0 Å². The molecule has 0 aliphatic carbocycles. The Kier molecular flexibility index (Phi) is 5.00. The van der Waals surface area contributed by atoms with Crippen LogP contribution in [0.2, 0.25) is 0 Å². The highest BCUT2D eigenvalue weighted by atomic mass is 79.9. The Balaban J connectivity index is 2.78. The smallest absolute Gasteiger partial charge is 0.260 e. The maximum absolute atomic E-state index is 11.5. The normalized spacial score (nSPS) is 12.1. The summed E-state index contributed by atoms with van der Waals surface area (Å²) < 4.78 is 6.69. The number of rotatable bonds is 4. The molecule has 1 amide bonds. The predicted molar refractivity (Wildman–Crippen MR) is 72.4 cm³/mol. The molecule has 0 bridgehead atoms. The van der Waals surface area contributed by atoms with Gasteiger partial charge in [-0.3, -0.25) is 4.79 Å². The van der Waals surface area contributed by atoms with E-state index in [9.17, 15) is 4.79 Å². The Morgan fingerprint density at radius 2 is 1.94 bits per heavy atom. The van der Waals surface area contributed by atoms with Crippen LogP contribution in [0, 0.1) is 13.8 Å². The number of carbonyl (C=O) groups excluding carboxylic acids is 1. The minimum Gasteiger partial charge on any atom is -0.481 e. The highest BCUT2D eigenvalue weighted by Crippen LogP contribution is 2.26. The molecule has 94 valence electrons. The molecule has 4 heteroatoms. The SMILES string of the molecule is CCNC(=O)C(C)Oc1cc(C)c(Br)c(C)c1. The van der Waals surface area contributed by atoms with Crippen LogP contribution in [0.25, 0.3) is 0 Å². The molecule has 1 unspecified atom stereocenters. The van der Waals surface area contributed by atoms with E-state index >= 15 is 0 Å². The number of likely N-dealkylation sites (N-methyl/N-ethyl adjacent to an activating group) is 1. The molecule has 0 radical (unpaired) electrons. The number of hydrogen-bond acceptors (Lipinski definition) is 2. The van der Waals surface area contributed by atoms with E-state index in [4.69, 9.17) is 4.74 Å². The lowest BCUT2D eigenvalue weighted by Crippen LogP contribution is -2.36. The van der Waals surface area contributed by atoms with Crippen molar-refractivity contribution in [2.45, 2.75) is 33.8 Å². The number of benzene rings is 1. The molecule has 0 spiro atoms. The van der Waals surface area contributed by atoms with Gasteiger partial charge in [0.15, 0.2) is 6.10 Å². The van der Waals surface area contributed by atoms with Crippen LogP contribution in [-0.4, -0.2) is 18.6 Å². The summed E-state index contributed by atoms with van der Waals surface area (Å²) in [6.07, 6.45) is -0.477. The lowest BCUT2D eigenvalue weighted by Gasteiger charge is -2.15. The second kappa shape index (κ2) is 6.05. The minimum absolute atomic E-state index is 0.0919. The number of carbonyl (C=O) groups is 1. The Labute approximate surface area is 111 Å². The summed E-state index contributed by atoms with van der Waals surface area (Å²) in [5.41, 5.74) is 2.20. The number of hydrogen-bond donors (Lipinski definition) is 1. The highest BCUT2D eigenvalue weighted by molar-refractivity contribution is 9.10. The molecule has 1 rings (SSSR count). The Hall–Kier alpha value is -1.03. The molecule has 0 aliphatic rings. The minimum atomic E-state index is -0.477. The second-order valence-electron chi connectivity index (χ2n) is 4.03. The first-order valence-corrected chi connectivity index (χ1v) is 6.46. The lowest BCUT2D eigenvalue weighted by atomic mass is 10.1. The average molecular weight is 300 g/mol. The Morgan fingerprint density at radius 1 is 1.41 bits per heavy atom. The van der Waals surface area contributed by atoms with Gasteiger partial charge < -0.3 is 10.1 Å². The molecule has 17 heavy (non-hydrogen) atoms. The molecule has 1 atom stereocenters. The maximum atomic E-state index is 11.5. The zero-order valence-electron chi connectivity index (χ0n) is 10.6. The van der Waals surface area contributed by atoms with E-state index in [2.05, 4.69) is 21.2 Å². The van der Waals surface area contributed by atoms with Gasteiger partial charge in [-0.05, 0) is 51.0 Å². The number of nitrogens with one attached hydrogen (secondary N) is 1. The van der Waals surface area contributed by atoms with Crippen molar-refractivity contribution in [2.75, 3.05) is 6.54 Å². The van der Waals surface area contributed by atoms with E-state index in [-0.39, 0.29) is 5.91 Å². The molecular formula is C13H18BrNO2. The fraction of sp³-hybridized carbons (Fsp3) is 0.462. The van der Waals surface area contributed by atoms with Crippen molar-refractivity contribution < 1.29 is 9.53 Å². The summed E-state index contributed by atoms with van der Waals surface area (Å²) in [6, 6.07) is 3.85. The van der Waals surface area contributed by atoms with Gasteiger partial charge in [0, 0.05) is 11.0 Å². The van der Waals surface area contributed by atoms with Crippen LogP contribution < -0.4 is 10.1 Å². The monoisotopic (exact) mass is 299 g/mol. The number of halogens is 1. The van der Waals surface area contributed by atoms with Crippen molar-refractivity contribution in [1.29, 1.82) is 0 Å². The molecule has 1 N–H and O–H groups in total. The van der Waals surface area contributed by atoms with E-state index in [0.29, 0.717) is 6.54 Å². The number of amides is 1. The van der Waals surface area contributed by atoms with Gasteiger partial charge in [0.05, 0.1) is 0 Å². The summed E-state index contributed by atoms with van der Waals surface area (Å²) in [5, 5.41) is 2.73. The fourth-order valence-corrected chi connectivity index (χ4v) is 1.78. The number of aryl methyl sites for hydroxylation is 2. The number of ether oxygens (including phenoxy) is 1. The van der Waals surface area contributed by atoms with Crippen LogP contribution in [0.15, 0.2) is 16.6 Å². The molecule has 1 aromatic rings. The van der Waals surface area contributed by atoms with Gasteiger partial charge in [-0.15, -0.1) is 0 Å². The maximum Gasteiger partial charge on any atom is 0.260 e. The summed E-state index contributed by atoms with van der Waals surface area (Å²) in [7, 11) is 0. The van der Waals surface area contributed by atoms with Crippen molar-refractivity contribution in [1.82, 2.24) is 5.32 Å². The van der Waals surface area contributed by atoms with Crippen molar-refractivity contribution >= 4 is 21.8 Å². The molecule has 0 saturated heterocycles. The first-order valence-electron chi connectivity index (χ1n) is 5.66. The summed E-state index contributed by atoms with van der Waals surface area (Å²) in [4.78, 5) is 11.5. The largest absolute Gasteiger partial charge is 0.481 e. The molecule has 3 nitrogen and oxygen atoms in total. The fourth-order valence-electron chi connectivity index (χ4n) is 1.55. The van der Waals surface area contributed by atoms with E-state index in [1.807, 2.05) is 32.9 Å². The lowest BCUT2D eigenvalue weighted by molar-refractivity contribution is -0.127. The Morgan fingerprint density at radius 3 is 2.41 bits per heavy atom. The van der Waals surface area contributed by atoms with Crippen molar-refractivity contribution in [3.8, 4) is 5.75 Å². The van der Waals surface area contributed by atoms with Crippen LogP contribution in [0.1, 0.15) is 25.0 Å². The van der Waals surface area contributed by atoms with E-state index in [1.165, 1.54) is 0 Å². The molecule has 1 aromatic carbocycles. The first-order chi connectivity index (χ1) is 7.95. The van der Waals surface area contributed by atoms with Crippen molar-refractivity contribution in [3.63, 3.8) is 0 Å². The Bertz CT molecular complexity index is 395. The summed E-state index contributed by atoms with van der Waals surface area (Å²) in [5.74, 6) is 0.632. The predicted octanol–water partition coefficient (Wildman–Crippen LogP) is 2.97. The average Bonchev–Trinajstić information content (AvgIpc) is 2.26. The van der Waals surface area contributed by atoms with Gasteiger partial charge >= 0.3 is 0 Å². The van der Waals surface area contributed by atoms with Crippen LogP contribution in [0.5, 0.6) is 5.75 Å². The van der Waals surface area contributed by atoms with Gasteiger partial charge in [0.1, 0.15) is 5.75 Å². The third-order valence-corrected chi connectivity index (χ3v) is 3.69. The van der Waals surface area contributed by atoms with Crippen LogP contribution in [0.4, 0.5) is 0 Å². The van der Waals surface area contributed by atoms with E-state index in [0.717, 1.165) is 21.3 Å². The molecule has 0 aliphatic heterocycles. The molecule has 0 fully saturated rings. The molecule has 0 aromatic heterocycles. The first kappa shape index (κ1) is 14.0. The second-order valence-corrected chi connectivity index (χ2v) is 4.82. The highest BCUT2D eigenvalue weighted by Gasteiger charge is 2.14. The standard InChI is InChI=1S/C13H18BrNO2/c1-5-15-13(16)10(4)17-11-6-8(2)12(14)9(3)7-11/h6-7,10H,5H2,1-4H3,(H,15,16). The quantitative estimate of drug-likeness (QED) is 0.928. The summed E-state index contributed by atoms with van der Waals surface area (Å²) >= 11 is 3.50. The van der Waals surface area contributed by atoms with Gasteiger partial charge in [0.2, 0.25) is 0 Å². The van der Waals surface area contributed by atoms with E-state index in [1.54, 1.807) is 6.92 Å². The van der Waals surface area contributed by atoms with Gasteiger partial charge in [-0.1, -0.05) is 15.9 Å². The van der Waals surface area contributed by atoms with Gasteiger partial charge in [-0.25, -0.2) is 0 Å². The zero-order chi connectivity index (χ0) is 13.0. The van der Waals surface area contributed by atoms with Gasteiger partial charge in [-0.2, -0.15) is 0 Å². The molecular weight excluding hydrogens is 282 g/mol. The van der Waals surface area contributed by atoms with Gasteiger partial charge in [0.25, 0.3) is 5.91 Å². The molecule has 0 heterocycles.